The smallest absolute Gasteiger partial charge is 0.0693 e. The summed E-state index contributed by atoms with van der Waals surface area (Å²) in [5.74, 6) is 0.913. The third kappa shape index (κ3) is 4.35. The van der Waals surface area contributed by atoms with Gasteiger partial charge >= 0.3 is 0 Å². The van der Waals surface area contributed by atoms with Crippen LogP contribution in [0.5, 0.6) is 0 Å². The van der Waals surface area contributed by atoms with Gasteiger partial charge in [-0.25, -0.2) is 0 Å². The van der Waals surface area contributed by atoms with Gasteiger partial charge in [-0.15, -0.1) is 24.8 Å². The molecule has 1 unspecified atom stereocenters. The normalized spacial score (nSPS) is 25.5. The van der Waals surface area contributed by atoms with E-state index in [0.717, 1.165) is 19.4 Å². The molecule has 4 aliphatic rings. The van der Waals surface area contributed by atoms with E-state index >= 15 is 0 Å². The van der Waals surface area contributed by atoms with Crippen molar-refractivity contribution in [2.45, 2.75) is 30.8 Å². The minimum absolute atomic E-state index is 0. The molecule has 1 saturated heterocycles. The molecule has 29 heavy (non-hydrogen) atoms. The molecule has 0 N–H and O–H groups in total. The standard InChI is InChI=1S/C24H30N2O.2ClH/c1-25-12-14-26(15-13-25)11-6-16-27-23-17-22-18-7-2-4-9-20(18)24(23)21-10-5-3-8-19(21)22;;/h2-5,7-10,22-24H,6,11-17H2,1H3;2*1H. The molecule has 1 heterocycles. The van der Waals surface area contributed by atoms with Gasteiger partial charge in [-0.05, 0) is 42.1 Å². The van der Waals surface area contributed by atoms with Crippen LogP contribution in [-0.4, -0.2) is 62.3 Å². The summed E-state index contributed by atoms with van der Waals surface area (Å²) in [6, 6.07) is 18.0. The molecule has 6 rings (SSSR count). The molecule has 2 aromatic rings. The lowest BCUT2D eigenvalue weighted by molar-refractivity contribution is 0.0171. The topological polar surface area (TPSA) is 15.7 Å². The first kappa shape index (κ1) is 22.6. The highest BCUT2D eigenvalue weighted by Crippen LogP contribution is 2.53. The molecule has 1 fully saturated rings. The summed E-state index contributed by atoms with van der Waals surface area (Å²) < 4.78 is 6.51. The molecule has 0 aromatic heterocycles. The molecule has 1 aliphatic heterocycles. The van der Waals surface area contributed by atoms with E-state index in [2.05, 4.69) is 65.4 Å². The first-order valence-corrected chi connectivity index (χ1v) is 10.5. The lowest BCUT2D eigenvalue weighted by atomic mass is 9.62. The van der Waals surface area contributed by atoms with Gasteiger partial charge in [0, 0.05) is 51.2 Å². The van der Waals surface area contributed by atoms with Crippen molar-refractivity contribution in [1.29, 1.82) is 0 Å². The van der Waals surface area contributed by atoms with Crippen LogP contribution in [0.3, 0.4) is 0 Å². The van der Waals surface area contributed by atoms with Gasteiger partial charge in [0.2, 0.25) is 0 Å². The van der Waals surface area contributed by atoms with Crippen molar-refractivity contribution in [3.63, 3.8) is 0 Å². The molecule has 0 spiro atoms. The van der Waals surface area contributed by atoms with Crippen molar-refractivity contribution in [3.8, 4) is 0 Å². The van der Waals surface area contributed by atoms with Crippen molar-refractivity contribution >= 4 is 24.8 Å². The second-order valence-corrected chi connectivity index (χ2v) is 8.43. The average Bonchev–Trinajstić information content (AvgIpc) is 2.73. The highest BCUT2D eigenvalue weighted by Gasteiger charge is 2.43. The zero-order valence-electron chi connectivity index (χ0n) is 17.1. The van der Waals surface area contributed by atoms with E-state index in [4.69, 9.17) is 4.74 Å². The Labute approximate surface area is 187 Å². The SMILES string of the molecule is CN1CCN(CCCOC2CC3c4ccccc4C2c2ccccc23)CC1.Cl.Cl. The van der Waals surface area contributed by atoms with Crippen molar-refractivity contribution < 1.29 is 4.74 Å². The van der Waals surface area contributed by atoms with Gasteiger partial charge in [0.25, 0.3) is 0 Å². The molecule has 0 saturated carbocycles. The average molecular weight is 435 g/mol. The van der Waals surface area contributed by atoms with Crippen molar-refractivity contribution in [1.82, 2.24) is 9.80 Å². The maximum absolute atomic E-state index is 6.51. The summed E-state index contributed by atoms with van der Waals surface area (Å²) >= 11 is 0. The Balaban J connectivity index is 0.00000120. The number of benzene rings is 2. The highest BCUT2D eigenvalue weighted by molar-refractivity contribution is 5.85. The minimum atomic E-state index is 0. The zero-order chi connectivity index (χ0) is 18.2. The Morgan fingerprint density at radius 1 is 0.828 bits per heavy atom. The molecule has 1 atom stereocenters. The lowest BCUT2D eigenvalue weighted by Crippen LogP contribution is -2.45. The predicted octanol–water partition coefficient (Wildman–Crippen LogP) is 4.53. The first-order valence-electron chi connectivity index (χ1n) is 10.5. The number of halogens is 2. The molecule has 0 radical (unpaired) electrons. The van der Waals surface area contributed by atoms with E-state index in [-0.39, 0.29) is 24.8 Å². The summed E-state index contributed by atoms with van der Waals surface area (Å²) in [4.78, 5) is 5.00. The van der Waals surface area contributed by atoms with Crippen LogP contribution < -0.4 is 0 Å². The number of piperazine rings is 1. The van der Waals surface area contributed by atoms with E-state index in [0.29, 0.717) is 17.9 Å². The fourth-order valence-electron chi connectivity index (χ4n) is 5.34. The van der Waals surface area contributed by atoms with Gasteiger partial charge in [-0.1, -0.05) is 48.5 Å². The summed E-state index contributed by atoms with van der Waals surface area (Å²) in [6.07, 6.45) is 2.60. The quantitative estimate of drug-likeness (QED) is 0.642. The number of ether oxygens (including phenoxy) is 1. The summed E-state index contributed by atoms with van der Waals surface area (Å²) in [6.45, 7) is 6.84. The molecule has 3 aliphatic carbocycles. The van der Waals surface area contributed by atoms with Crippen LogP contribution in [-0.2, 0) is 4.74 Å². The van der Waals surface area contributed by atoms with Crippen LogP contribution >= 0.6 is 24.8 Å². The second kappa shape index (κ2) is 9.80. The first-order chi connectivity index (χ1) is 13.3. The fourth-order valence-corrected chi connectivity index (χ4v) is 5.34. The minimum Gasteiger partial charge on any atom is -0.377 e. The third-order valence-electron chi connectivity index (χ3n) is 6.80. The lowest BCUT2D eigenvalue weighted by Gasteiger charge is -2.45. The second-order valence-electron chi connectivity index (χ2n) is 8.43. The summed E-state index contributed by atoms with van der Waals surface area (Å²) in [7, 11) is 2.22. The highest BCUT2D eigenvalue weighted by atomic mass is 35.5. The van der Waals surface area contributed by atoms with Gasteiger partial charge in [0.1, 0.15) is 0 Å². The van der Waals surface area contributed by atoms with Crippen molar-refractivity contribution in [2.75, 3.05) is 46.4 Å². The Bertz CT molecular complexity index is 759. The van der Waals surface area contributed by atoms with Gasteiger partial charge < -0.3 is 14.5 Å². The Morgan fingerprint density at radius 3 is 1.97 bits per heavy atom. The van der Waals surface area contributed by atoms with Gasteiger partial charge in [0.15, 0.2) is 0 Å². The number of hydrogen-bond acceptors (Lipinski definition) is 3. The monoisotopic (exact) mass is 434 g/mol. The number of likely N-dealkylation sites (N-methyl/N-ethyl adjacent to an activating group) is 1. The fraction of sp³-hybridized carbons (Fsp3) is 0.500. The van der Waals surface area contributed by atoms with E-state index in [1.54, 1.807) is 0 Å². The Kier molecular flexibility index (Phi) is 7.63. The Morgan fingerprint density at radius 2 is 1.38 bits per heavy atom. The van der Waals surface area contributed by atoms with Crippen molar-refractivity contribution in [2.24, 2.45) is 0 Å². The van der Waals surface area contributed by atoms with E-state index < -0.39 is 0 Å². The summed E-state index contributed by atoms with van der Waals surface area (Å²) in [5.41, 5.74) is 6.05. The van der Waals surface area contributed by atoms with E-state index in [1.165, 1.54) is 55.0 Å². The third-order valence-corrected chi connectivity index (χ3v) is 6.80. The van der Waals surface area contributed by atoms with E-state index in [9.17, 15) is 0 Å². The molecule has 3 nitrogen and oxygen atoms in total. The van der Waals surface area contributed by atoms with Crippen LogP contribution in [0.15, 0.2) is 48.5 Å². The number of rotatable bonds is 5. The van der Waals surface area contributed by atoms with E-state index in [1.807, 2.05) is 0 Å². The predicted molar refractivity (Wildman–Crippen MR) is 124 cm³/mol. The Hall–Kier alpha value is -1.10. The number of hydrogen-bond donors (Lipinski definition) is 0. The van der Waals surface area contributed by atoms with Gasteiger partial charge in [-0.3, -0.25) is 0 Å². The van der Waals surface area contributed by atoms with Gasteiger partial charge in [-0.2, -0.15) is 0 Å². The molecule has 5 heteroatoms. The number of fused-ring (bicyclic) bond motifs is 1. The maximum atomic E-state index is 6.51. The molecule has 2 aromatic carbocycles. The van der Waals surface area contributed by atoms with Crippen LogP contribution in [0.4, 0.5) is 0 Å². The van der Waals surface area contributed by atoms with Crippen molar-refractivity contribution in [3.05, 3.63) is 70.8 Å². The van der Waals surface area contributed by atoms with Crippen LogP contribution in [0.1, 0.15) is 46.9 Å². The van der Waals surface area contributed by atoms with Crippen LogP contribution in [0.2, 0.25) is 0 Å². The van der Waals surface area contributed by atoms with Crippen LogP contribution in [0.25, 0.3) is 0 Å². The molecular weight excluding hydrogens is 403 g/mol. The molecule has 0 amide bonds. The number of nitrogens with zero attached hydrogens (tertiary/aromatic N) is 2. The van der Waals surface area contributed by atoms with Crippen LogP contribution in [0, 0.1) is 0 Å². The summed E-state index contributed by atoms with van der Waals surface area (Å²) in [5, 5.41) is 0. The van der Waals surface area contributed by atoms with Gasteiger partial charge in [0.05, 0.1) is 6.10 Å². The zero-order valence-corrected chi connectivity index (χ0v) is 18.8. The largest absolute Gasteiger partial charge is 0.377 e. The maximum Gasteiger partial charge on any atom is 0.0693 e. The molecule has 158 valence electrons. The molecule has 2 bridgehead atoms. The molecular formula is C24H32Cl2N2O.